The van der Waals surface area contributed by atoms with Crippen molar-refractivity contribution in [2.75, 3.05) is 37.6 Å². The predicted molar refractivity (Wildman–Crippen MR) is 96.4 cm³/mol. The van der Waals surface area contributed by atoms with Gasteiger partial charge in [-0.3, -0.25) is 14.5 Å². The van der Waals surface area contributed by atoms with Gasteiger partial charge in [0.25, 0.3) is 0 Å². The highest BCUT2D eigenvalue weighted by atomic mass is 16.2. The number of carbonyl (C=O) groups excluding carboxylic acids is 2. The van der Waals surface area contributed by atoms with E-state index in [-0.39, 0.29) is 24.4 Å². The molecule has 3 aliphatic heterocycles. The van der Waals surface area contributed by atoms with Crippen LogP contribution in [-0.2, 0) is 22.6 Å². The first kappa shape index (κ1) is 16.4. The third-order valence-electron chi connectivity index (χ3n) is 5.61. The van der Waals surface area contributed by atoms with E-state index in [2.05, 4.69) is 47.2 Å². The molecule has 0 aromatic heterocycles. The molecule has 0 bridgehead atoms. The number of hydrogen-bond acceptors (Lipinski definition) is 4. The van der Waals surface area contributed by atoms with Crippen molar-refractivity contribution in [3.05, 3.63) is 29.3 Å². The van der Waals surface area contributed by atoms with Gasteiger partial charge in [-0.15, -0.1) is 0 Å². The van der Waals surface area contributed by atoms with Crippen LogP contribution in [0.2, 0.25) is 0 Å². The fourth-order valence-corrected chi connectivity index (χ4v) is 4.26. The summed E-state index contributed by atoms with van der Waals surface area (Å²) >= 11 is 0. The molecular weight excluding hydrogens is 316 g/mol. The SMILES string of the molecule is CC(C)N1CCc2cc(CN3CCN4C(=O)CNC(=O)[C@@H]4C3)ccc21. The number of nitrogens with one attached hydrogen (secondary N) is 1. The van der Waals surface area contributed by atoms with Crippen LogP contribution in [0.1, 0.15) is 25.0 Å². The van der Waals surface area contributed by atoms with Crippen molar-refractivity contribution in [2.45, 2.75) is 38.9 Å². The molecule has 2 fully saturated rings. The normalized spacial score (nSPS) is 23.7. The van der Waals surface area contributed by atoms with E-state index < -0.39 is 0 Å². The summed E-state index contributed by atoms with van der Waals surface area (Å²) < 4.78 is 0. The van der Waals surface area contributed by atoms with Crippen molar-refractivity contribution in [3.63, 3.8) is 0 Å². The first-order chi connectivity index (χ1) is 12.0. The van der Waals surface area contributed by atoms with E-state index in [1.165, 1.54) is 16.8 Å². The Hall–Kier alpha value is -2.08. The Bertz CT molecular complexity index is 703. The Balaban J connectivity index is 1.45. The second kappa shape index (κ2) is 6.33. The largest absolute Gasteiger partial charge is 0.369 e. The number of carbonyl (C=O) groups is 2. The number of piperazine rings is 2. The molecule has 0 saturated carbocycles. The summed E-state index contributed by atoms with van der Waals surface area (Å²) in [6.45, 7) is 8.63. The molecule has 1 aromatic carbocycles. The predicted octanol–water partition coefficient (Wildman–Crippen LogP) is 0.600. The van der Waals surface area contributed by atoms with Crippen LogP contribution in [-0.4, -0.2) is 66.4 Å². The third kappa shape index (κ3) is 2.99. The summed E-state index contributed by atoms with van der Waals surface area (Å²) in [5.74, 6) is 0.0152. The maximum absolute atomic E-state index is 12.1. The van der Waals surface area contributed by atoms with Gasteiger partial charge in [-0.05, 0) is 37.5 Å². The molecule has 0 aliphatic carbocycles. The maximum atomic E-state index is 12.1. The highest BCUT2D eigenvalue weighted by molar-refractivity contribution is 5.95. The van der Waals surface area contributed by atoms with Crippen molar-refractivity contribution in [2.24, 2.45) is 0 Å². The van der Waals surface area contributed by atoms with Crippen LogP contribution in [0.15, 0.2) is 18.2 Å². The van der Waals surface area contributed by atoms with Crippen molar-refractivity contribution >= 4 is 17.5 Å². The fraction of sp³-hybridized carbons (Fsp3) is 0.579. The standard InChI is InChI=1S/C19H26N4O2/c1-13(2)22-6-5-15-9-14(3-4-16(15)22)11-21-7-8-23-17(12-21)19(25)20-10-18(23)24/h3-4,9,13,17H,5-8,10-12H2,1-2H3,(H,20,25)/t17-/m0/s1. The molecule has 6 nitrogen and oxygen atoms in total. The minimum atomic E-state index is -0.333. The van der Waals surface area contributed by atoms with E-state index in [0.29, 0.717) is 19.1 Å². The zero-order chi connectivity index (χ0) is 17.6. The summed E-state index contributed by atoms with van der Waals surface area (Å²) in [6, 6.07) is 6.96. The van der Waals surface area contributed by atoms with Crippen LogP contribution in [0.5, 0.6) is 0 Å². The lowest BCUT2D eigenvalue weighted by Crippen LogP contribution is -2.65. The van der Waals surface area contributed by atoms with Gasteiger partial charge in [0.1, 0.15) is 6.04 Å². The summed E-state index contributed by atoms with van der Waals surface area (Å²) in [7, 11) is 0. The molecule has 3 aliphatic rings. The minimum Gasteiger partial charge on any atom is -0.369 e. The monoisotopic (exact) mass is 342 g/mol. The van der Waals surface area contributed by atoms with Gasteiger partial charge in [-0.25, -0.2) is 0 Å². The Kier molecular flexibility index (Phi) is 4.15. The number of hydrogen-bond donors (Lipinski definition) is 1. The lowest BCUT2D eigenvalue weighted by atomic mass is 10.1. The molecule has 0 unspecified atom stereocenters. The summed E-state index contributed by atoms with van der Waals surface area (Å²) in [6.07, 6.45) is 1.11. The van der Waals surface area contributed by atoms with Gasteiger partial charge in [0.15, 0.2) is 0 Å². The molecule has 1 aromatic rings. The number of nitrogens with zero attached hydrogens (tertiary/aromatic N) is 3. The quantitative estimate of drug-likeness (QED) is 0.874. The average Bonchev–Trinajstić information content (AvgIpc) is 3.02. The highest BCUT2D eigenvalue weighted by Crippen LogP contribution is 2.31. The van der Waals surface area contributed by atoms with Crippen LogP contribution in [0.25, 0.3) is 0 Å². The second-order valence-electron chi connectivity index (χ2n) is 7.56. The molecule has 3 heterocycles. The van der Waals surface area contributed by atoms with E-state index in [1.54, 1.807) is 4.90 Å². The molecule has 25 heavy (non-hydrogen) atoms. The van der Waals surface area contributed by atoms with E-state index in [4.69, 9.17) is 0 Å². The first-order valence-electron chi connectivity index (χ1n) is 9.21. The van der Waals surface area contributed by atoms with Crippen LogP contribution in [0.4, 0.5) is 5.69 Å². The fourth-order valence-electron chi connectivity index (χ4n) is 4.26. The Morgan fingerprint density at radius 3 is 2.84 bits per heavy atom. The van der Waals surface area contributed by atoms with E-state index in [0.717, 1.165) is 26.1 Å². The van der Waals surface area contributed by atoms with Gasteiger partial charge in [0.2, 0.25) is 11.8 Å². The van der Waals surface area contributed by atoms with E-state index in [9.17, 15) is 9.59 Å². The van der Waals surface area contributed by atoms with Crippen molar-refractivity contribution in [3.8, 4) is 0 Å². The number of anilines is 1. The van der Waals surface area contributed by atoms with Gasteiger partial charge >= 0.3 is 0 Å². The minimum absolute atomic E-state index is 0.0224. The molecule has 1 atom stereocenters. The zero-order valence-corrected chi connectivity index (χ0v) is 15.0. The average molecular weight is 342 g/mol. The zero-order valence-electron chi connectivity index (χ0n) is 15.0. The lowest BCUT2D eigenvalue weighted by molar-refractivity contribution is -0.149. The first-order valence-corrected chi connectivity index (χ1v) is 9.21. The number of amides is 2. The van der Waals surface area contributed by atoms with E-state index in [1.807, 2.05) is 0 Å². The van der Waals surface area contributed by atoms with Crippen molar-refractivity contribution in [1.29, 1.82) is 0 Å². The highest BCUT2D eigenvalue weighted by Gasteiger charge is 2.38. The molecule has 6 heteroatoms. The molecule has 0 radical (unpaired) electrons. The van der Waals surface area contributed by atoms with Gasteiger partial charge < -0.3 is 15.1 Å². The molecule has 0 spiro atoms. The second-order valence-corrected chi connectivity index (χ2v) is 7.56. The van der Waals surface area contributed by atoms with Crippen LogP contribution in [0, 0.1) is 0 Å². The smallest absolute Gasteiger partial charge is 0.244 e. The lowest BCUT2D eigenvalue weighted by Gasteiger charge is -2.43. The summed E-state index contributed by atoms with van der Waals surface area (Å²) in [4.78, 5) is 30.5. The van der Waals surface area contributed by atoms with Crippen LogP contribution in [0.3, 0.4) is 0 Å². The molecule has 134 valence electrons. The Morgan fingerprint density at radius 2 is 2.04 bits per heavy atom. The molecule has 2 saturated heterocycles. The number of rotatable bonds is 3. The molecule has 2 amide bonds. The number of benzene rings is 1. The van der Waals surface area contributed by atoms with Crippen LogP contribution >= 0.6 is 0 Å². The van der Waals surface area contributed by atoms with Crippen LogP contribution < -0.4 is 10.2 Å². The van der Waals surface area contributed by atoms with Crippen molar-refractivity contribution in [1.82, 2.24) is 15.1 Å². The molecule has 1 N–H and O–H groups in total. The topological polar surface area (TPSA) is 55.9 Å². The molecular formula is C19H26N4O2. The van der Waals surface area contributed by atoms with Gasteiger partial charge in [-0.2, -0.15) is 0 Å². The van der Waals surface area contributed by atoms with Gasteiger partial charge in [0.05, 0.1) is 6.54 Å². The van der Waals surface area contributed by atoms with E-state index >= 15 is 0 Å². The summed E-state index contributed by atoms with van der Waals surface area (Å²) in [5, 5.41) is 2.70. The Labute approximate surface area is 148 Å². The Morgan fingerprint density at radius 1 is 1.20 bits per heavy atom. The summed E-state index contributed by atoms with van der Waals surface area (Å²) in [5.41, 5.74) is 4.08. The third-order valence-corrected chi connectivity index (χ3v) is 5.61. The maximum Gasteiger partial charge on any atom is 0.244 e. The van der Waals surface area contributed by atoms with Crippen molar-refractivity contribution < 1.29 is 9.59 Å². The van der Waals surface area contributed by atoms with Gasteiger partial charge in [0, 0.05) is 44.5 Å². The molecule has 4 rings (SSSR count). The number of fused-ring (bicyclic) bond motifs is 2. The van der Waals surface area contributed by atoms with Gasteiger partial charge in [-0.1, -0.05) is 12.1 Å².